The first-order valence-electron chi connectivity index (χ1n) is 8.55. The summed E-state index contributed by atoms with van der Waals surface area (Å²) in [6.07, 6.45) is 12.7. The highest BCUT2D eigenvalue weighted by atomic mass is 15.1. The summed E-state index contributed by atoms with van der Waals surface area (Å²) in [4.78, 5) is 2.44. The molecular weight excluding hydrogens is 242 g/mol. The van der Waals surface area contributed by atoms with Gasteiger partial charge in [-0.3, -0.25) is 0 Å². The van der Waals surface area contributed by atoms with Crippen LogP contribution in [-0.4, -0.2) is 18.5 Å². The summed E-state index contributed by atoms with van der Waals surface area (Å²) in [6.45, 7) is 4.59. The third-order valence-electron chi connectivity index (χ3n) is 3.94. The van der Waals surface area contributed by atoms with Crippen LogP contribution < -0.4 is 0 Å². The molecule has 1 aromatic carbocycles. The van der Waals surface area contributed by atoms with Crippen molar-refractivity contribution in [1.29, 1.82) is 0 Å². The zero-order valence-corrected chi connectivity index (χ0v) is 13.6. The minimum atomic E-state index is 1.08. The molecule has 0 radical (unpaired) electrons. The Morgan fingerprint density at radius 3 is 1.90 bits per heavy atom. The first-order valence-corrected chi connectivity index (χ1v) is 8.55. The van der Waals surface area contributed by atoms with Crippen molar-refractivity contribution in [2.24, 2.45) is 0 Å². The van der Waals surface area contributed by atoms with Crippen LogP contribution in [-0.2, 0) is 6.54 Å². The van der Waals surface area contributed by atoms with E-state index in [0.717, 1.165) is 6.54 Å². The number of hydrogen-bond donors (Lipinski definition) is 0. The molecular formula is C19H33N. The molecule has 0 amide bonds. The summed E-state index contributed by atoms with van der Waals surface area (Å²) >= 11 is 0. The van der Waals surface area contributed by atoms with Crippen LogP contribution in [0.3, 0.4) is 0 Å². The van der Waals surface area contributed by atoms with Gasteiger partial charge >= 0.3 is 0 Å². The van der Waals surface area contributed by atoms with Crippen LogP contribution in [0.15, 0.2) is 30.3 Å². The summed E-state index contributed by atoms with van der Waals surface area (Å²) in [5, 5.41) is 0. The molecule has 0 fully saturated rings. The molecule has 1 heteroatoms. The van der Waals surface area contributed by atoms with E-state index in [-0.39, 0.29) is 0 Å². The van der Waals surface area contributed by atoms with E-state index in [1.165, 1.54) is 69.9 Å². The Balaban J connectivity index is 1.91. The Hall–Kier alpha value is -0.820. The van der Waals surface area contributed by atoms with Crippen LogP contribution in [0.5, 0.6) is 0 Å². The zero-order chi connectivity index (χ0) is 14.5. The van der Waals surface area contributed by atoms with Crippen molar-refractivity contribution >= 4 is 0 Å². The van der Waals surface area contributed by atoms with Crippen molar-refractivity contribution in [2.45, 2.75) is 71.3 Å². The number of unbranched alkanes of at least 4 members (excludes halogenated alkanes) is 8. The molecule has 1 aromatic rings. The summed E-state index contributed by atoms with van der Waals surface area (Å²) in [5.41, 5.74) is 1.42. The van der Waals surface area contributed by atoms with E-state index in [2.05, 4.69) is 49.2 Å². The molecule has 20 heavy (non-hydrogen) atoms. The molecule has 1 rings (SSSR count). The van der Waals surface area contributed by atoms with Gasteiger partial charge in [0, 0.05) is 6.54 Å². The zero-order valence-electron chi connectivity index (χ0n) is 13.6. The van der Waals surface area contributed by atoms with Crippen molar-refractivity contribution in [1.82, 2.24) is 4.90 Å². The van der Waals surface area contributed by atoms with Gasteiger partial charge in [0.05, 0.1) is 0 Å². The fraction of sp³-hybridized carbons (Fsp3) is 0.684. The molecule has 0 saturated heterocycles. The van der Waals surface area contributed by atoms with E-state index in [1.54, 1.807) is 0 Å². The minimum absolute atomic E-state index is 1.08. The lowest BCUT2D eigenvalue weighted by Crippen LogP contribution is -2.18. The summed E-state index contributed by atoms with van der Waals surface area (Å²) in [6, 6.07) is 10.8. The van der Waals surface area contributed by atoms with Gasteiger partial charge in [-0.1, -0.05) is 88.6 Å². The van der Waals surface area contributed by atoms with Crippen LogP contribution >= 0.6 is 0 Å². The maximum atomic E-state index is 2.44. The number of hydrogen-bond acceptors (Lipinski definition) is 1. The second-order valence-corrected chi connectivity index (χ2v) is 6.05. The average Bonchev–Trinajstić information content (AvgIpc) is 2.46. The van der Waals surface area contributed by atoms with Gasteiger partial charge in [0.25, 0.3) is 0 Å². The lowest BCUT2D eigenvalue weighted by molar-refractivity contribution is 0.316. The fourth-order valence-corrected chi connectivity index (χ4v) is 2.67. The van der Waals surface area contributed by atoms with E-state index in [4.69, 9.17) is 0 Å². The van der Waals surface area contributed by atoms with Crippen molar-refractivity contribution in [3.05, 3.63) is 35.9 Å². The van der Waals surface area contributed by atoms with Gasteiger partial charge in [-0.05, 0) is 25.6 Å². The molecule has 0 aliphatic heterocycles. The Kier molecular flexibility index (Phi) is 10.3. The summed E-state index contributed by atoms with van der Waals surface area (Å²) in [7, 11) is 2.23. The van der Waals surface area contributed by atoms with Crippen molar-refractivity contribution in [3.8, 4) is 0 Å². The first-order chi connectivity index (χ1) is 9.83. The smallest absolute Gasteiger partial charge is 0.0230 e. The standard InChI is InChI=1S/C19H33N/c1-3-4-5-6-7-8-9-10-14-17-20(2)18-19-15-12-11-13-16-19/h11-13,15-16H,3-10,14,17-18H2,1-2H3. The molecule has 0 atom stereocenters. The Morgan fingerprint density at radius 1 is 0.750 bits per heavy atom. The number of nitrogens with zero attached hydrogens (tertiary/aromatic N) is 1. The van der Waals surface area contributed by atoms with Gasteiger partial charge in [-0.15, -0.1) is 0 Å². The Bertz CT molecular complexity index is 307. The van der Waals surface area contributed by atoms with Crippen LogP contribution in [0.4, 0.5) is 0 Å². The van der Waals surface area contributed by atoms with Gasteiger partial charge in [0.2, 0.25) is 0 Å². The Labute approximate surface area is 126 Å². The first kappa shape index (κ1) is 17.2. The normalized spacial score (nSPS) is 11.2. The van der Waals surface area contributed by atoms with E-state index >= 15 is 0 Å². The van der Waals surface area contributed by atoms with Crippen molar-refractivity contribution in [3.63, 3.8) is 0 Å². The van der Waals surface area contributed by atoms with Gasteiger partial charge in [0.1, 0.15) is 0 Å². The Morgan fingerprint density at radius 2 is 1.30 bits per heavy atom. The van der Waals surface area contributed by atoms with Crippen molar-refractivity contribution in [2.75, 3.05) is 13.6 Å². The van der Waals surface area contributed by atoms with Gasteiger partial charge < -0.3 is 4.90 Å². The third-order valence-corrected chi connectivity index (χ3v) is 3.94. The predicted octanol–water partition coefficient (Wildman–Crippen LogP) is 5.65. The highest BCUT2D eigenvalue weighted by Crippen LogP contribution is 2.10. The van der Waals surface area contributed by atoms with E-state index in [0.29, 0.717) is 0 Å². The van der Waals surface area contributed by atoms with E-state index < -0.39 is 0 Å². The highest BCUT2D eigenvalue weighted by molar-refractivity contribution is 5.14. The van der Waals surface area contributed by atoms with Gasteiger partial charge in [-0.2, -0.15) is 0 Å². The molecule has 0 spiro atoms. The molecule has 0 N–H and O–H groups in total. The SMILES string of the molecule is CCCCCCCCCCCN(C)Cc1ccccc1. The number of benzene rings is 1. The van der Waals surface area contributed by atoms with Crippen LogP contribution in [0.1, 0.15) is 70.3 Å². The summed E-state index contributed by atoms with van der Waals surface area (Å²) in [5.74, 6) is 0. The monoisotopic (exact) mass is 275 g/mol. The largest absolute Gasteiger partial charge is 0.302 e. The van der Waals surface area contributed by atoms with E-state index in [1.807, 2.05) is 0 Å². The van der Waals surface area contributed by atoms with Gasteiger partial charge in [-0.25, -0.2) is 0 Å². The maximum absolute atomic E-state index is 2.44. The maximum Gasteiger partial charge on any atom is 0.0230 e. The minimum Gasteiger partial charge on any atom is -0.302 e. The average molecular weight is 275 g/mol. The molecule has 0 unspecified atom stereocenters. The second-order valence-electron chi connectivity index (χ2n) is 6.05. The topological polar surface area (TPSA) is 3.24 Å². The molecule has 0 saturated carbocycles. The predicted molar refractivity (Wildman–Crippen MR) is 90.0 cm³/mol. The molecule has 0 heterocycles. The number of rotatable bonds is 12. The molecule has 114 valence electrons. The van der Waals surface area contributed by atoms with Crippen LogP contribution in [0.2, 0.25) is 0 Å². The summed E-state index contributed by atoms with van der Waals surface area (Å²) < 4.78 is 0. The molecule has 0 aromatic heterocycles. The van der Waals surface area contributed by atoms with Gasteiger partial charge in [0.15, 0.2) is 0 Å². The molecule has 0 bridgehead atoms. The lowest BCUT2D eigenvalue weighted by atomic mass is 10.1. The molecule has 0 aliphatic carbocycles. The quantitative estimate of drug-likeness (QED) is 0.446. The highest BCUT2D eigenvalue weighted by Gasteiger charge is 1.99. The lowest BCUT2D eigenvalue weighted by Gasteiger charge is -2.16. The second kappa shape index (κ2) is 12.0. The van der Waals surface area contributed by atoms with E-state index in [9.17, 15) is 0 Å². The molecule has 0 aliphatic rings. The van der Waals surface area contributed by atoms with Crippen molar-refractivity contribution < 1.29 is 0 Å². The fourth-order valence-electron chi connectivity index (χ4n) is 2.67. The van der Waals surface area contributed by atoms with Crippen LogP contribution in [0, 0.1) is 0 Å². The third kappa shape index (κ3) is 9.14. The molecule has 1 nitrogen and oxygen atoms in total. The van der Waals surface area contributed by atoms with Crippen LogP contribution in [0.25, 0.3) is 0 Å².